The minimum absolute atomic E-state index is 0.118. The van der Waals surface area contributed by atoms with E-state index in [0.717, 1.165) is 0 Å². The maximum atomic E-state index is 11.2. The van der Waals surface area contributed by atoms with Crippen molar-refractivity contribution in [3.05, 3.63) is 12.7 Å². The SMILES string of the molecule is C=CCCS(=O)(=O)NCC(C)NC. The largest absolute Gasteiger partial charge is 0.316 e. The molecule has 4 nitrogen and oxygen atoms in total. The van der Waals surface area contributed by atoms with E-state index in [2.05, 4.69) is 16.6 Å². The molecular weight excluding hydrogens is 188 g/mol. The van der Waals surface area contributed by atoms with Crippen LogP contribution in [0.2, 0.25) is 0 Å². The highest BCUT2D eigenvalue weighted by molar-refractivity contribution is 7.89. The molecule has 0 aromatic rings. The van der Waals surface area contributed by atoms with Crippen LogP contribution in [-0.2, 0) is 10.0 Å². The predicted octanol–water partition coefficient (Wildman–Crippen LogP) is 0.0898. The van der Waals surface area contributed by atoms with Gasteiger partial charge in [-0.15, -0.1) is 6.58 Å². The molecule has 5 heteroatoms. The fourth-order valence-electron chi connectivity index (χ4n) is 0.665. The molecule has 78 valence electrons. The van der Waals surface area contributed by atoms with Crippen LogP contribution in [0.3, 0.4) is 0 Å². The third kappa shape index (κ3) is 6.74. The molecule has 0 aliphatic rings. The molecule has 0 fully saturated rings. The molecule has 0 aromatic carbocycles. The Labute approximate surface area is 80.5 Å². The summed E-state index contributed by atoms with van der Waals surface area (Å²) in [6.07, 6.45) is 2.09. The number of nitrogens with one attached hydrogen (secondary N) is 2. The van der Waals surface area contributed by atoms with Crippen LogP contribution in [0.4, 0.5) is 0 Å². The van der Waals surface area contributed by atoms with Crippen molar-refractivity contribution in [3.63, 3.8) is 0 Å². The van der Waals surface area contributed by atoms with Crippen LogP contribution < -0.4 is 10.0 Å². The highest BCUT2D eigenvalue weighted by atomic mass is 32.2. The molecule has 0 amide bonds. The van der Waals surface area contributed by atoms with Gasteiger partial charge in [0, 0.05) is 12.6 Å². The zero-order valence-corrected chi connectivity index (χ0v) is 9.02. The van der Waals surface area contributed by atoms with E-state index in [4.69, 9.17) is 0 Å². The molecule has 0 spiro atoms. The Morgan fingerprint density at radius 1 is 1.54 bits per heavy atom. The predicted molar refractivity (Wildman–Crippen MR) is 55.1 cm³/mol. The molecule has 13 heavy (non-hydrogen) atoms. The van der Waals surface area contributed by atoms with Crippen molar-refractivity contribution in [1.82, 2.24) is 10.0 Å². The van der Waals surface area contributed by atoms with E-state index in [1.165, 1.54) is 0 Å². The topological polar surface area (TPSA) is 58.2 Å². The molecular formula is C8H18N2O2S. The molecule has 0 radical (unpaired) electrons. The zero-order valence-electron chi connectivity index (χ0n) is 8.21. The molecule has 0 rings (SSSR count). The minimum atomic E-state index is -3.11. The van der Waals surface area contributed by atoms with E-state index in [1.807, 2.05) is 6.92 Å². The standard InChI is InChI=1S/C8H18N2O2S/c1-4-5-6-13(11,12)10-7-8(2)9-3/h4,8-10H,1,5-7H2,2-3H3. The summed E-state index contributed by atoms with van der Waals surface area (Å²) in [5.74, 6) is 0.118. The number of rotatable bonds is 7. The second kappa shape index (κ2) is 6.12. The van der Waals surface area contributed by atoms with Crippen molar-refractivity contribution in [3.8, 4) is 0 Å². The summed E-state index contributed by atoms with van der Waals surface area (Å²) >= 11 is 0. The average molecular weight is 206 g/mol. The van der Waals surface area contributed by atoms with Gasteiger partial charge in [0.25, 0.3) is 0 Å². The molecule has 0 saturated heterocycles. The summed E-state index contributed by atoms with van der Waals surface area (Å²) in [6.45, 7) is 5.81. The van der Waals surface area contributed by atoms with Gasteiger partial charge in [0.15, 0.2) is 0 Å². The van der Waals surface area contributed by atoms with Crippen LogP contribution in [-0.4, -0.2) is 33.8 Å². The van der Waals surface area contributed by atoms with Gasteiger partial charge in [-0.3, -0.25) is 0 Å². The Balaban J connectivity index is 3.82. The van der Waals surface area contributed by atoms with Crippen molar-refractivity contribution in [2.24, 2.45) is 0 Å². The van der Waals surface area contributed by atoms with Crippen LogP contribution >= 0.6 is 0 Å². The van der Waals surface area contributed by atoms with Gasteiger partial charge in [0.05, 0.1) is 5.75 Å². The van der Waals surface area contributed by atoms with E-state index in [9.17, 15) is 8.42 Å². The first-order chi connectivity index (χ1) is 6.02. The summed E-state index contributed by atoms with van der Waals surface area (Å²) in [4.78, 5) is 0. The average Bonchev–Trinajstić information content (AvgIpc) is 2.11. The van der Waals surface area contributed by atoms with Crippen LogP contribution in [0, 0.1) is 0 Å². The lowest BCUT2D eigenvalue weighted by molar-refractivity contribution is 0.554. The van der Waals surface area contributed by atoms with Crippen molar-refractivity contribution in [1.29, 1.82) is 0 Å². The van der Waals surface area contributed by atoms with Gasteiger partial charge in [0.2, 0.25) is 10.0 Å². The first-order valence-corrected chi connectivity index (χ1v) is 5.92. The Morgan fingerprint density at radius 3 is 2.62 bits per heavy atom. The molecule has 0 bridgehead atoms. The Kier molecular flexibility index (Phi) is 5.94. The third-order valence-electron chi connectivity index (χ3n) is 1.69. The second-order valence-corrected chi connectivity index (χ2v) is 4.86. The molecule has 1 atom stereocenters. The van der Waals surface area contributed by atoms with Crippen LogP contribution in [0.5, 0.6) is 0 Å². The number of allylic oxidation sites excluding steroid dienone is 1. The number of likely N-dealkylation sites (N-methyl/N-ethyl adjacent to an activating group) is 1. The quantitative estimate of drug-likeness (QED) is 0.580. The summed E-state index contributed by atoms with van der Waals surface area (Å²) in [6, 6.07) is 0.151. The van der Waals surface area contributed by atoms with Crippen molar-refractivity contribution >= 4 is 10.0 Å². The van der Waals surface area contributed by atoms with E-state index in [0.29, 0.717) is 13.0 Å². The van der Waals surface area contributed by atoms with Crippen LogP contribution in [0.1, 0.15) is 13.3 Å². The van der Waals surface area contributed by atoms with Crippen LogP contribution in [0.25, 0.3) is 0 Å². The van der Waals surface area contributed by atoms with Gasteiger partial charge in [-0.25, -0.2) is 13.1 Å². The van der Waals surface area contributed by atoms with Gasteiger partial charge >= 0.3 is 0 Å². The Bertz CT molecular complexity index is 237. The highest BCUT2D eigenvalue weighted by Gasteiger charge is 2.09. The molecule has 0 aliphatic carbocycles. The first kappa shape index (κ1) is 12.6. The molecule has 0 aromatic heterocycles. The normalized spacial score (nSPS) is 14.0. The van der Waals surface area contributed by atoms with E-state index in [-0.39, 0.29) is 11.8 Å². The molecule has 0 heterocycles. The van der Waals surface area contributed by atoms with Crippen molar-refractivity contribution in [2.75, 3.05) is 19.3 Å². The number of sulfonamides is 1. The molecule has 0 saturated carbocycles. The highest BCUT2D eigenvalue weighted by Crippen LogP contribution is 1.90. The molecule has 2 N–H and O–H groups in total. The monoisotopic (exact) mass is 206 g/mol. The maximum Gasteiger partial charge on any atom is 0.211 e. The van der Waals surface area contributed by atoms with Gasteiger partial charge < -0.3 is 5.32 Å². The Morgan fingerprint density at radius 2 is 2.15 bits per heavy atom. The molecule has 0 aliphatic heterocycles. The summed E-state index contributed by atoms with van der Waals surface area (Å²) < 4.78 is 25.0. The van der Waals surface area contributed by atoms with E-state index >= 15 is 0 Å². The lowest BCUT2D eigenvalue weighted by Crippen LogP contribution is -2.38. The second-order valence-electron chi connectivity index (χ2n) is 2.93. The van der Waals surface area contributed by atoms with Gasteiger partial charge in [0.1, 0.15) is 0 Å². The summed E-state index contributed by atoms with van der Waals surface area (Å²) in [7, 11) is -1.32. The first-order valence-electron chi connectivity index (χ1n) is 4.27. The molecule has 1 unspecified atom stereocenters. The van der Waals surface area contributed by atoms with Gasteiger partial charge in [-0.05, 0) is 20.4 Å². The van der Waals surface area contributed by atoms with Crippen molar-refractivity contribution < 1.29 is 8.42 Å². The van der Waals surface area contributed by atoms with E-state index < -0.39 is 10.0 Å². The maximum absolute atomic E-state index is 11.2. The third-order valence-corrected chi connectivity index (χ3v) is 3.07. The fraction of sp³-hybridized carbons (Fsp3) is 0.750. The van der Waals surface area contributed by atoms with Crippen LogP contribution in [0.15, 0.2) is 12.7 Å². The minimum Gasteiger partial charge on any atom is -0.316 e. The van der Waals surface area contributed by atoms with Gasteiger partial charge in [-0.1, -0.05) is 6.08 Å². The van der Waals surface area contributed by atoms with Gasteiger partial charge in [-0.2, -0.15) is 0 Å². The lowest BCUT2D eigenvalue weighted by atomic mass is 10.4. The Hall–Kier alpha value is -0.390. The lowest BCUT2D eigenvalue weighted by Gasteiger charge is -2.11. The van der Waals surface area contributed by atoms with E-state index in [1.54, 1.807) is 13.1 Å². The number of hydrogen-bond acceptors (Lipinski definition) is 3. The zero-order chi connectivity index (χ0) is 10.3. The fourth-order valence-corrected chi connectivity index (χ4v) is 1.79. The summed E-state index contributed by atoms with van der Waals surface area (Å²) in [5, 5.41) is 2.95. The summed E-state index contributed by atoms with van der Waals surface area (Å²) in [5.41, 5.74) is 0. The smallest absolute Gasteiger partial charge is 0.211 e. The van der Waals surface area contributed by atoms with Crippen molar-refractivity contribution in [2.45, 2.75) is 19.4 Å². The number of hydrogen-bond donors (Lipinski definition) is 2.